The smallest absolute Gasteiger partial charge is 0.228 e. The molecule has 0 aromatic rings. The lowest BCUT2D eigenvalue weighted by Crippen LogP contribution is -2.21. The van der Waals surface area contributed by atoms with Gasteiger partial charge in [-0.1, -0.05) is 0 Å². The lowest BCUT2D eigenvalue weighted by atomic mass is 10.3. The quantitative estimate of drug-likeness (QED) is 0.497. The van der Waals surface area contributed by atoms with Gasteiger partial charge in [0.05, 0.1) is 6.61 Å². The summed E-state index contributed by atoms with van der Waals surface area (Å²) in [7, 11) is 1.60. The molecule has 1 heterocycles. The van der Waals surface area contributed by atoms with Crippen molar-refractivity contribution in [1.82, 2.24) is 5.48 Å². The lowest BCUT2D eigenvalue weighted by Gasteiger charge is -2.14. The first-order chi connectivity index (χ1) is 3.84. The molecule has 0 bridgehead atoms. The van der Waals surface area contributed by atoms with Crippen LogP contribution in [0.1, 0.15) is 0 Å². The van der Waals surface area contributed by atoms with Gasteiger partial charge < -0.3 is 5.32 Å². The Morgan fingerprint density at radius 3 is 3.00 bits per heavy atom. The zero-order chi connectivity index (χ0) is 5.98. The number of hydrogen-bond donors (Lipinski definition) is 1. The minimum Gasteiger partial charge on any atom is -0.652 e. The van der Waals surface area contributed by atoms with Crippen LogP contribution in [0.15, 0.2) is 0 Å². The summed E-state index contributed by atoms with van der Waals surface area (Å²) in [6.45, 7) is 0.370. The minimum absolute atomic E-state index is 0.146. The Kier molecular flexibility index (Phi) is 1.45. The van der Waals surface area contributed by atoms with E-state index in [0.717, 1.165) is 0 Å². The molecule has 1 rings (SSSR count). The van der Waals surface area contributed by atoms with E-state index in [1.165, 1.54) is 0 Å². The fourth-order valence-electron chi connectivity index (χ4n) is 0.527. The van der Waals surface area contributed by atoms with Gasteiger partial charge in [-0.3, -0.25) is 9.63 Å². The van der Waals surface area contributed by atoms with E-state index in [4.69, 9.17) is 0 Å². The highest BCUT2D eigenvalue weighted by Crippen LogP contribution is 2.01. The first-order valence-corrected chi connectivity index (χ1v) is 2.35. The van der Waals surface area contributed by atoms with Gasteiger partial charge in [0, 0.05) is 0 Å². The molecule has 0 saturated carbocycles. The average Bonchev–Trinajstić information content (AvgIpc) is 2.14. The Balaban J connectivity index is 2.42. The van der Waals surface area contributed by atoms with Crippen molar-refractivity contribution in [3.63, 3.8) is 0 Å². The molecular formula is C4H7N2O2-. The molecule has 1 aliphatic heterocycles. The van der Waals surface area contributed by atoms with Gasteiger partial charge in [-0.15, -0.1) is 0 Å². The molecule has 1 saturated heterocycles. The highest BCUT2D eigenvalue weighted by molar-refractivity contribution is 5.84. The van der Waals surface area contributed by atoms with Crippen molar-refractivity contribution in [2.24, 2.45) is 0 Å². The van der Waals surface area contributed by atoms with Gasteiger partial charge in [0.15, 0.2) is 0 Å². The largest absolute Gasteiger partial charge is 0.652 e. The van der Waals surface area contributed by atoms with Crippen LogP contribution >= 0.6 is 0 Å². The van der Waals surface area contributed by atoms with E-state index in [1.807, 2.05) is 0 Å². The van der Waals surface area contributed by atoms with Crippen LogP contribution in [0, 0.1) is 0 Å². The number of rotatable bonds is 1. The van der Waals surface area contributed by atoms with Crippen LogP contribution in [-0.4, -0.2) is 25.6 Å². The summed E-state index contributed by atoms with van der Waals surface area (Å²) in [5, 5.41) is 3.73. The molecule has 4 nitrogen and oxygen atoms in total. The molecule has 46 valence electrons. The summed E-state index contributed by atoms with van der Waals surface area (Å²) in [5.41, 5.74) is 2.19. The van der Waals surface area contributed by atoms with Crippen molar-refractivity contribution in [3.8, 4) is 0 Å². The van der Waals surface area contributed by atoms with Crippen molar-refractivity contribution in [1.29, 1.82) is 0 Å². The number of nitrogens with one attached hydrogen (secondary N) is 1. The molecule has 1 atom stereocenters. The van der Waals surface area contributed by atoms with Gasteiger partial charge >= 0.3 is 0 Å². The van der Waals surface area contributed by atoms with Crippen LogP contribution in [0.3, 0.4) is 0 Å². The number of amides is 1. The zero-order valence-electron chi connectivity index (χ0n) is 4.55. The van der Waals surface area contributed by atoms with Gasteiger partial charge in [-0.2, -0.15) is 7.05 Å². The van der Waals surface area contributed by atoms with Crippen LogP contribution in [0.25, 0.3) is 5.32 Å². The van der Waals surface area contributed by atoms with Crippen molar-refractivity contribution in [2.45, 2.75) is 6.04 Å². The maximum absolute atomic E-state index is 10.5. The van der Waals surface area contributed by atoms with E-state index in [0.29, 0.717) is 6.61 Å². The summed E-state index contributed by atoms with van der Waals surface area (Å²) < 4.78 is 0. The summed E-state index contributed by atoms with van der Waals surface area (Å²) in [6.07, 6.45) is 0. The average molecular weight is 115 g/mol. The van der Waals surface area contributed by atoms with Gasteiger partial charge in [0.1, 0.15) is 0 Å². The number of nitrogens with zero attached hydrogens (tertiary/aromatic N) is 1. The van der Waals surface area contributed by atoms with Crippen molar-refractivity contribution < 1.29 is 9.63 Å². The van der Waals surface area contributed by atoms with Gasteiger partial charge in [-0.25, -0.2) is 5.48 Å². The first-order valence-electron chi connectivity index (χ1n) is 2.35. The Labute approximate surface area is 47.2 Å². The predicted molar refractivity (Wildman–Crippen MR) is 27.2 cm³/mol. The molecule has 8 heavy (non-hydrogen) atoms. The summed E-state index contributed by atoms with van der Waals surface area (Å²) in [5.74, 6) is -0.146. The number of carbonyl (C=O) groups excluding carboxylic acids is 1. The van der Waals surface area contributed by atoms with E-state index >= 15 is 0 Å². The fraction of sp³-hybridized carbons (Fsp3) is 0.750. The summed E-state index contributed by atoms with van der Waals surface area (Å²) in [6, 6.07) is -0.282. The van der Waals surface area contributed by atoms with Crippen LogP contribution in [0.5, 0.6) is 0 Å². The Bertz CT molecular complexity index is 104. The standard InChI is InChI=1S/C4H7N2O2/c1-5-3-2-8-6-4(3)7/h3H,2H2,1H3,(H,6,7)/q-1. The molecule has 0 aliphatic carbocycles. The number of carbonyl (C=O) groups is 1. The summed E-state index contributed by atoms with van der Waals surface area (Å²) >= 11 is 0. The van der Waals surface area contributed by atoms with Gasteiger partial charge in [0.25, 0.3) is 0 Å². The molecule has 0 spiro atoms. The minimum atomic E-state index is -0.282. The molecule has 1 unspecified atom stereocenters. The molecule has 1 fully saturated rings. The molecule has 1 aliphatic rings. The van der Waals surface area contributed by atoms with Crippen LogP contribution in [0.2, 0.25) is 0 Å². The van der Waals surface area contributed by atoms with Crippen LogP contribution < -0.4 is 5.48 Å². The summed E-state index contributed by atoms with van der Waals surface area (Å²) in [4.78, 5) is 15.0. The normalized spacial score (nSPS) is 28.1. The van der Waals surface area contributed by atoms with Crippen molar-refractivity contribution in [2.75, 3.05) is 13.7 Å². The monoisotopic (exact) mass is 115 g/mol. The van der Waals surface area contributed by atoms with Gasteiger partial charge in [-0.05, 0) is 6.04 Å². The highest BCUT2D eigenvalue weighted by Gasteiger charge is 2.14. The second-order valence-corrected chi connectivity index (χ2v) is 1.55. The number of hydroxylamine groups is 1. The topological polar surface area (TPSA) is 52.4 Å². The maximum atomic E-state index is 10.5. The Hall–Kier alpha value is -0.610. The molecule has 0 radical (unpaired) electrons. The third-order valence-corrected chi connectivity index (χ3v) is 1.03. The second-order valence-electron chi connectivity index (χ2n) is 1.55. The van der Waals surface area contributed by atoms with E-state index in [-0.39, 0.29) is 11.9 Å². The maximum Gasteiger partial charge on any atom is 0.228 e. The van der Waals surface area contributed by atoms with E-state index in [2.05, 4.69) is 15.6 Å². The lowest BCUT2D eigenvalue weighted by molar-refractivity contribution is -0.124. The highest BCUT2D eigenvalue weighted by atomic mass is 16.7. The van der Waals surface area contributed by atoms with Crippen molar-refractivity contribution >= 4 is 5.91 Å². The van der Waals surface area contributed by atoms with E-state index in [9.17, 15) is 4.79 Å². The Morgan fingerprint density at radius 1 is 2.00 bits per heavy atom. The fourth-order valence-corrected chi connectivity index (χ4v) is 0.527. The zero-order valence-corrected chi connectivity index (χ0v) is 4.55. The molecule has 1 N–H and O–H groups in total. The van der Waals surface area contributed by atoms with Crippen LogP contribution in [-0.2, 0) is 9.63 Å². The van der Waals surface area contributed by atoms with Crippen molar-refractivity contribution in [3.05, 3.63) is 5.32 Å². The molecule has 0 aromatic heterocycles. The van der Waals surface area contributed by atoms with Crippen LogP contribution in [0.4, 0.5) is 0 Å². The van der Waals surface area contributed by atoms with E-state index < -0.39 is 0 Å². The molecule has 0 aromatic carbocycles. The SMILES string of the molecule is C[N-]C1CONC1=O. The van der Waals surface area contributed by atoms with Gasteiger partial charge in [0.2, 0.25) is 5.91 Å². The molecule has 1 amide bonds. The third kappa shape index (κ3) is 0.801. The third-order valence-electron chi connectivity index (χ3n) is 1.03. The molecular weight excluding hydrogens is 108 g/mol. The molecule has 4 heteroatoms. The predicted octanol–water partition coefficient (Wildman–Crippen LogP) is -0.580. The first kappa shape index (κ1) is 5.53. The number of likely N-dealkylation sites (N-methyl/N-ethyl adjacent to an activating group) is 1. The Morgan fingerprint density at radius 2 is 2.75 bits per heavy atom. The van der Waals surface area contributed by atoms with E-state index in [1.54, 1.807) is 7.05 Å². The second kappa shape index (κ2) is 2.11. The number of hydrogen-bond acceptors (Lipinski definition) is 2.